The fourth-order valence-corrected chi connectivity index (χ4v) is 2.64. The van der Waals surface area contributed by atoms with Crippen LogP contribution in [0.3, 0.4) is 0 Å². The molecule has 0 spiro atoms. The smallest absolute Gasteiger partial charge is 0.0414 e. The second-order valence-corrected chi connectivity index (χ2v) is 5.54. The second kappa shape index (κ2) is 7.31. The summed E-state index contributed by atoms with van der Waals surface area (Å²) >= 11 is 0. The van der Waals surface area contributed by atoms with E-state index < -0.39 is 0 Å². The van der Waals surface area contributed by atoms with Crippen molar-refractivity contribution in [1.29, 1.82) is 0 Å². The van der Waals surface area contributed by atoms with Crippen LogP contribution in [0.25, 0.3) is 0 Å². The Bertz CT molecular complexity index is 118. The Labute approximate surface area is 90.5 Å². The van der Waals surface area contributed by atoms with Crippen molar-refractivity contribution in [3.63, 3.8) is 0 Å². The largest absolute Gasteiger partial charge is 0.0628 e. The highest BCUT2D eigenvalue weighted by Gasteiger charge is 2.10. The summed E-state index contributed by atoms with van der Waals surface area (Å²) in [5, 5.41) is 0. The maximum Gasteiger partial charge on any atom is -0.0414 e. The predicted molar refractivity (Wildman–Crippen MR) is 64.5 cm³/mol. The zero-order valence-electron chi connectivity index (χ0n) is 10.2. The first-order valence-corrected chi connectivity index (χ1v) is 6.79. The molecule has 1 saturated carbocycles. The molecule has 0 bridgehead atoms. The fraction of sp³-hybridized carbons (Fsp3) is 1.00. The van der Waals surface area contributed by atoms with Crippen LogP contribution < -0.4 is 0 Å². The lowest BCUT2D eigenvalue weighted by Crippen LogP contribution is -2.04. The van der Waals surface area contributed by atoms with E-state index in [1.807, 2.05) is 0 Å². The van der Waals surface area contributed by atoms with Crippen molar-refractivity contribution in [2.45, 2.75) is 78.1 Å². The van der Waals surface area contributed by atoms with Gasteiger partial charge >= 0.3 is 0 Å². The minimum atomic E-state index is 0.906. The van der Waals surface area contributed by atoms with Gasteiger partial charge in [0.25, 0.3) is 0 Å². The minimum Gasteiger partial charge on any atom is -0.0628 e. The van der Waals surface area contributed by atoms with E-state index in [9.17, 15) is 0 Å². The van der Waals surface area contributed by atoms with Gasteiger partial charge in [-0.15, -0.1) is 0 Å². The highest BCUT2D eigenvalue weighted by Crippen LogP contribution is 2.26. The van der Waals surface area contributed by atoms with Gasteiger partial charge in [0.15, 0.2) is 0 Å². The van der Waals surface area contributed by atoms with Crippen LogP contribution in [0.1, 0.15) is 78.1 Å². The lowest BCUT2D eigenvalue weighted by molar-refractivity contribution is 0.341. The number of rotatable bonds is 4. The molecule has 84 valence electrons. The molecule has 0 aromatic heterocycles. The minimum absolute atomic E-state index is 0.906. The maximum absolute atomic E-state index is 2.35. The van der Waals surface area contributed by atoms with Crippen LogP contribution in [0, 0.1) is 11.8 Å². The van der Waals surface area contributed by atoms with Crippen molar-refractivity contribution >= 4 is 0 Å². The molecule has 0 aliphatic heterocycles. The Morgan fingerprint density at radius 1 is 0.929 bits per heavy atom. The van der Waals surface area contributed by atoms with E-state index in [2.05, 4.69) is 13.8 Å². The van der Waals surface area contributed by atoms with Gasteiger partial charge in [0.2, 0.25) is 0 Å². The molecule has 0 heterocycles. The second-order valence-electron chi connectivity index (χ2n) is 5.54. The molecule has 0 radical (unpaired) electrons. The van der Waals surface area contributed by atoms with Crippen LogP contribution in [-0.2, 0) is 0 Å². The molecule has 0 nitrogen and oxygen atoms in total. The molecule has 0 N–H and O–H groups in total. The molecule has 0 saturated heterocycles. The van der Waals surface area contributed by atoms with Gasteiger partial charge in [-0.3, -0.25) is 0 Å². The molecule has 1 aliphatic carbocycles. The van der Waals surface area contributed by atoms with Crippen LogP contribution in [-0.4, -0.2) is 0 Å². The van der Waals surface area contributed by atoms with Crippen LogP contribution >= 0.6 is 0 Å². The summed E-state index contributed by atoms with van der Waals surface area (Å²) < 4.78 is 0. The molecule has 0 amide bonds. The van der Waals surface area contributed by atoms with Gasteiger partial charge in [-0.05, 0) is 11.8 Å². The van der Waals surface area contributed by atoms with Gasteiger partial charge < -0.3 is 0 Å². The van der Waals surface area contributed by atoms with Crippen molar-refractivity contribution in [3.8, 4) is 0 Å². The van der Waals surface area contributed by atoms with Crippen LogP contribution in [0.4, 0.5) is 0 Å². The third-order valence-corrected chi connectivity index (χ3v) is 3.62. The van der Waals surface area contributed by atoms with E-state index in [4.69, 9.17) is 0 Å². The highest BCUT2D eigenvalue weighted by atomic mass is 14.2. The first-order chi connectivity index (χ1) is 6.79. The Morgan fingerprint density at radius 2 is 1.50 bits per heavy atom. The van der Waals surface area contributed by atoms with Gasteiger partial charge in [-0.25, -0.2) is 0 Å². The lowest BCUT2D eigenvalue weighted by Gasteiger charge is -2.19. The summed E-state index contributed by atoms with van der Waals surface area (Å²) in [6.07, 6.45) is 15.0. The fourth-order valence-electron chi connectivity index (χ4n) is 2.64. The molecule has 1 fully saturated rings. The molecule has 0 aromatic rings. The normalized spacial score (nSPS) is 20.8. The summed E-state index contributed by atoms with van der Waals surface area (Å²) in [6.45, 7) is 4.69. The van der Waals surface area contributed by atoms with Crippen molar-refractivity contribution < 1.29 is 0 Å². The molecule has 14 heavy (non-hydrogen) atoms. The maximum atomic E-state index is 2.35. The summed E-state index contributed by atoms with van der Waals surface area (Å²) in [7, 11) is 0. The Kier molecular flexibility index (Phi) is 6.31. The molecule has 1 rings (SSSR count). The zero-order chi connectivity index (χ0) is 10.2. The molecule has 1 aliphatic rings. The highest BCUT2D eigenvalue weighted by molar-refractivity contribution is 4.64. The lowest BCUT2D eigenvalue weighted by atomic mass is 9.87. The number of hydrogen-bond acceptors (Lipinski definition) is 0. The van der Waals surface area contributed by atoms with Crippen molar-refractivity contribution in [2.24, 2.45) is 11.8 Å². The van der Waals surface area contributed by atoms with E-state index in [-0.39, 0.29) is 0 Å². The van der Waals surface area contributed by atoms with E-state index >= 15 is 0 Å². The topological polar surface area (TPSA) is 0 Å². The molecular weight excluding hydrogens is 168 g/mol. The van der Waals surface area contributed by atoms with E-state index in [0.717, 1.165) is 11.8 Å². The first-order valence-electron chi connectivity index (χ1n) is 6.79. The van der Waals surface area contributed by atoms with Crippen molar-refractivity contribution in [1.82, 2.24) is 0 Å². The summed E-state index contributed by atoms with van der Waals surface area (Å²) in [6, 6.07) is 0. The van der Waals surface area contributed by atoms with Crippen molar-refractivity contribution in [2.75, 3.05) is 0 Å². The first kappa shape index (κ1) is 12.1. The Morgan fingerprint density at radius 3 is 2.07 bits per heavy atom. The van der Waals surface area contributed by atoms with E-state index in [1.54, 1.807) is 0 Å². The Balaban J connectivity index is 2.08. The standard InChI is InChI=1S/C14H28/c1-13(2)9-8-12-14-10-6-4-3-5-7-11-14/h13-14H,3-12H2,1-2H3. The summed E-state index contributed by atoms with van der Waals surface area (Å²) in [5.41, 5.74) is 0. The van der Waals surface area contributed by atoms with E-state index in [1.165, 1.54) is 64.2 Å². The van der Waals surface area contributed by atoms with Gasteiger partial charge in [0.05, 0.1) is 0 Å². The quantitative estimate of drug-likeness (QED) is 0.581. The SMILES string of the molecule is CC(C)CCCC1CCCCCCC1. The molecule has 0 heteroatoms. The average Bonchev–Trinajstić information content (AvgIpc) is 2.07. The molecule has 0 aromatic carbocycles. The predicted octanol–water partition coefficient (Wildman–Crippen LogP) is 5.17. The van der Waals surface area contributed by atoms with Gasteiger partial charge in [0.1, 0.15) is 0 Å². The summed E-state index contributed by atoms with van der Waals surface area (Å²) in [4.78, 5) is 0. The van der Waals surface area contributed by atoms with Gasteiger partial charge in [0, 0.05) is 0 Å². The van der Waals surface area contributed by atoms with Gasteiger partial charge in [-0.2, -0.15) is 0 Å². The van der Waals surface area contributed by atoms with Crippen molar-refractivity contribution in [3.05, 3.63) is 0 Å². The van der Waals surface area contributed by atoms with Crippen LogP contribution in [0.15, 0.2) is 0 Å². The zero-order valence-corrected chi connectivity index (χ0v) is 10.2. The third-order valence-electron chi connectivity index (χ3n) is 3.62. The Hall–Kier alpha value is 0. The summed E-state index contributed by atoms with van der Waals surface area (Å²) in [5.74, 6) is 1.98. The van der Waals surface area contributed by atoms with Gasteiger partial charge in [-0.1, -0.05) is 78.1 Å². The molecule has 0 unspecified atom stereocenters. The average molecular weight is 196 g/mol. The van der Waals surface area contributed by atoms with Crippen LogP contribution in [0.2, 0.25) is 0 Å². The number of hydrogen-bond donors (Lipinski definition) is 0. The molecule has 0 atom stereocenters. The van der Waals surface area contributed by atoms with E-state index in [0.29, 0.717) is 0 Å². The monoisotopic (exact) mass is 196 g/mol. The molecular formula is C14H28. The third kappa shape index (κ3) is 5.67. The van der Waals surface area contributed by atoms with Crippen LogP contribution in [0.5, 0.6) is 0 Å².